The fraction of sp³-hybridized carbons (Fsp3) is 0.800. The van der Waals surface area contributed by atoms with Crippen molar-refractivity contribution in [3.63, 3.8) is 0 Å². The van der Waals surface area contributed by atoms with Crippen LogP contribution in [0.2, 0.25) is 0 Å². The molecule has 0 saturated carbocycles. The van der Waals surface area contributed by atoms with Crippen LogP contribution < -0.4 is 11.1 Å². The van der Waals surface area contributed by atoms with E-state index in [4.69, 9.17) is 18.0 Å². The number of hydrogen-bond donors (Lipinski definition) is 2. The van der Waals surface area contributed by atoms with Crippen molar-refractivity contribution in [2.24, 2.45) is 11.7 Å². The van der Waals surface area contributed by atoms with Gasteiger partial charge in [0.15, 0.2) is 0 Å². The van der Waals surface area contributed by atoms with Crippen LogP contribution in [-0.4, -0.2) is 42.0 Å². The van der Waals surface area contributed by atoms with Gasteiger partial charge < -0.3 is 16.0 Å². The minimum atomic E-state index is -0.378. The van der Waals surface area contributed by atoms with Crippen molar-refractivity contribution in [1.29, 1.82) is 0 Å². The Bertz CT molecular complexity index is 217. The molecule has 4 nitrogen and oxygen atoms in total. The van der Waals surface area contributed by atoms with Crippen molar-refractivity contribution < 1.29 is 4.79 Å². The third-order valence-electron chi connectivity index (χ3n) is 2.44. The number of rotatable bonds is 7. The summed E-state index contributed by atoms with van der Waals surface area (Å²) < 4.78 is 0. The largest absolute Gasteiger partial charge is 0.393 e. The van der Waals surface area contributed by atoms with Gasteiger partial charge in [0.1, 0.15) is 0 Å². The van der Waals surface area contributed by atoms with E-state index < -0.39 is 0 Å². The monoisotopic (exact) mass is 231 g/mol. The number of carbonyl (C=O) groups excluding carboxylic acids is 1. The van der Waals surface area contributed by atoms with Gasteiger partial charge in [-0.25, -0.2) is 0 Å². The predicted octanol–water partition coefficient (Wildman–Crippen LogP) is 0.367. The van der Waals surface area contributed by atoms with E-state index in [1.54, 1.807) is 6.92 Å². The summed E-state index contributed by atoms with van der Waals surface area (Å²) in [5.74, 6) is -0.466. The Morgan fingerprint density at radius 1 is 1.47 bits per heavy atom. The molecule has 1 unspecified atom stereocenters. The molecule has 0 rings (SSSR count). The zero-order valence-electron chi connectivity index (χ0n) is 9.75. The highest BCUT2D eigenvalue weighted by atomic mass is 32.1. The third kappa shape index (κ3) is 5.69. The summed E-state index contributed by atoms with van der Waals surface area (Å²) in [7, 11) is 0. The lowest BCUT2D eigenvalue weighted by Crippen LogP contribution is -2.40. The molecule has 0 bridgehead atoms. The Morgan fingerprint density at radius 3 is 2.40 bits per heavy atom. The molecule has 0 aliphatic heterocycles. The van der Waals surface area contributed by atoms with Gasteiger partial charge >= 0.3 is 0 Å². The van der Waals surface area contributed by atoms with E-state index in [0.717, 1.165) is 19.6 Å². The SMILES string of the molecule is CCN(CC)CCNC(=O)C(C)C(N)=S. The third-order valence-corrected chi connectivity index (χ3v) is 2.80. The quantitative estimate of drug-likeness (QED) is 0.621. The number of amides is 1. The van der Waals surface area contributed by atoms with E-state index in [9.17, 15) is 4.79 Å². The summed E-state index contributed by atoms with van der Waals surface area (Å²) in [5.41, 5.74) is 5.38. The second kappa shape index (κ2) is 7.59. The van der Waals surface area contributed by atoms with Gasteiger partial charge in [-0.05, 0) is 20.0 Å². The van der Waals surface area contributed by atoms with Gasteiger partial charge in [-0.1, -0.05) is 26.1 Å². The first-order chi connectivity index (χ1) is 7.02. The Hall–Kier alpha value is -0.680. The van der Waals surface area contributed by atoms with Crippen LogP contribution in [0, 0.1) is 5.92 Å². The summed E-state index contributed by atoms with van der Waals surface area (Å²) in [4.78, 5) is 13.9. The molecule has 15 heavy (non-hydrogen) atoms. The molecular formula is C10H21N3OS. The van der Waals surface area contributed by atoms with E-state index in [0.29, 0.717) is 6.54 Å². The van der Waals surface area contributed by atoms with Gasteiger partial charge in [-0.2, -0.15) is 0 Å². The van der Waals surface area contributed by atoms with E-state index >= 15 is 0 Å². The number of nitrogens with two attached hydrogens (primary N) is 1. The zero-order valence-corrected chi connectivity index (χ0v) is 10.6. The van der Waals surface area contributed by atoms with Gasteiger partial charge in [0.05, 0.1) is 10.9 Å². The maximum atomic E-state index is 11.4. The van der Waals surface area contributed by atoms with Gasteiger partial charge in [0.2, 0.25) is 5.91 Å². The van der Waals surface area contributed by atoms with Gasteiger partial charge in [-0.3, -0.25) is 4.79 Å². The van der Waals surface area contributed by atoms with Crippen LogP contribution >= 0.6 is 12.2 Å². The Kier molecular flexibility index (Phi) is 7.25. The van der Waals surface area contributed by atoms with Crippen molar-refractivity contribution in [3.05, 3.63) is 0 Å². The van der Waals surface area contributed by atoms with E-state index in [2.05, 4.69) is 24.1 Å². The minimum absolute atomic E-state index is 0.0883. The van der Waals surface area contributed by atoms with Crippen LogP contribution in [0.15, 0.2) is 0 Å². The molecule has 0 aromatic heterocycles. The number of carbonyl (C=O) groups is 1. The topological polar surface area (TPSA) is 58.4 Å². The normalized spacial score (nSPS) is 12.5. The summed E-state index contributed by atoms with van der Waals surface area (Å²) in [6.07, 6.45) is 0. The van der Waals surface area contributed by atoms with Crippen LogP contribution in [-0.2, 0) is 4.79 Å². The molecule has 5 heteroatoms. The summed E-state index contributed by atoms with van der Waals surface area (Å²) >= 11 is 4.75. The van der Waals surface area contributed by atoms with Crippen molar-refractivity contribution >= 4 is 23.1 Å². The van der Waals surface area contributed by atoms with E-state index in [-0.39, 0.29) is 16.8 Å². The maximum absolute atomic E-state index is 11.4. The van der Waals surface area contributed by atoms with Crippen LogP contribution in [0.25, 0.3) is 0 Å². The summed E-state index contributed by atoms with van der Waals surface area (Å²) in [6, 6.07) is 0. The van der Waals surface area contributed by atoms with Gasteiger partial charge in [0, 0.05) is 13.1 Å². The Morgan fingerprint density at radius 2 is 2.00 bits per heavy atom. The van der Waals surface area contributed by atoms with Crippen molar-refractivity contribution in [2.45, 2.75) is 20.8 Å². The highest BCUT2D eigenvalue weighted by Crippen LogP contribution is 1.94. The molecule has 3 N–H and O–H groups in total. The summed E-state index contributed by atoms with van der Waals surface area (Å²) in [5, 5.41) is 2.81. The molecule has 1 atom stereocenters. The highest BCUT2D eigenvalue weighted by Gasteiger charge is 2.14. The first-order valence-corrected chi connectivity index (χ1v) is 5.73. The highest BCUT2D eigenvalue weighted by molar-refractivity contribution is 7.80. The molecule has 0 spiro atoms. The van der Waals surface area contributed by atoms with Crippen LogP contribution in [0.1, 0.15) is 20.8 Å². The number of hydrogen-bond acceptors (Lipinski definition) is 3. The molecular weight excluding hydrogens is 210 g/mol. The molecule has 0 saturated heterocycles. The number of likely N-dealkylation sites (N-methyl/N-ethyl adjacent to an activating group) is 1. The molecule has 1 amide bonds. The van der Waals surface area contributed by atoms with E-state index in [1.807, 2.05) is 0 Å². The van der Waals surface area contributed by atoms with Gasteiger partial charge in [-0.15, -0.1) is 0 Å². The average Bonchev–Trinajstić information content (AvgIpc) is 2.22. The number of nitrogens with one attached hydrogen (secondary N) is 1. The van der Waals surface area contributed by atoms with Crippen LogP contribution in [0.3, 0.4) is 0 Å². The maximum Gasteiger partial charge on any atom is 0.229 e. The molecule has 0 fully saturated rings. The summed E-state index contributed by atoms with van der Waals surface area (Å²) in [6.45, 7) is 9.42. The molecule has 88 valence electrons. The minimum Gasteiger partial charge on any atom is -0.393 e. The first-order valence-electron chi connectivity index (χ1n) is 5.32. The Labute approximate surface area is 97.2 Å². The molecule has 0 aliphatic carbocycles. The second-order valence-electron chi connectivity index (χ2n) is 3.44. The van der Waals surface area contributed by atoms with Crippen molar-refractivity contribution in [2.75, 3.05) is 26.2 Å². The fourth-order valence-electron chi connectivity index (χ4n) is 1.16. The lowest BCUT2D eigenvalue weighted by Gasteiger charge is -2.18. The first kappa shape index (κ1) is 14.3. The lowest BCUT2D eigenvalue weighted by atomic mass is 10.1. The standard InChI is InChI=1S/C10H21N3OS/c1-4-13(5-2)7-6-12-10(14)8(3)9(11)15/h8H,4-7H2,1-3H3,(H2,11,15)(H,12,14). The number of thiocarbonyl (C=S) groups is 1. The fourth-order valence-corrected chi connectivity index (χ4v) is 1.27. The number of nitrogens with zero attached hydrogens (tertiary/aromatic N) is 1. The average molecular weight is 231 g/mol. The zero-order chi connectivity index (χ0) is 11.8. The molecule has 0 radical (unpaired) electrons. The lowest BCUT2D eigenvalue weighted by molar-refractivity contribution is -0.122. The van der Waals surface area contributed by atoms with Crippen molar-refractivity contribution in [1.82, 2.24) is 10.2 Å². The molecule has 0 aromatic rings. The Balaban J connectivity index is 3.76. The predicted molar refractivity (Wildman–Crippen MR) is 66.7 cm³/mol. The van der Waals surface area contributed by atoms with Crippen LogP contribution in [0.4, 0.5) is 0 Å². The van der Waals surface area contributed by atoms with E-state index in [1.165, 1.54) is 0 Å². The second-order valence-corrected chi connectivity index (χ2v) is 3.91. The molecule has 0 heterocycles. The van der Waals surface area contributed by atoms with Gasteiger partial charge in [0.25, 0.3) is 0 Å². The van der Waals surface area contributed by atoms with Crippen molar-refractivity contribution in [3.8, 4) is 0 Å². The van der Waals surface area contributed by atoms with Crippen LogP contribution in [0.5, 0.6) is 0 Å². The smallest absolute Gasteiger partial charge is 0.229 e. The molecule has 0 aliphatic rings. The molecule has 0 aromatic carbocycles.